The van der Waals surface area contributed by atoms with Crippen LogP contribution in [0.5, 0.6) is 5.75 Å². The molecule has 4 nitrogen and oxygen atoms in total. The van der Waals surface area contributed by atoms with E-state index in [0.29, 0.717) is 5.75 Å². The number of carbonyl (C=O) groups is 1. The third kappa shape index (κ3) is 4.56. The summed E-state index contributed by atoms with van der Waals surface area (Å²) in [5, 5.41) is 3.87. The third-order valence-corrected chi connectivity index (χ3v) is 3.19. The first-order valence-corrected chi connectivity index (χ1v) is 6.62. The molecule has 0 fully saturated rings. The van der Waals surface area contributed by atoms with Gasteiger partial charge in [-0.25, -0.2) is 5.43 Å². The minimum Gasteiger partial charge on any atom is -0.484 e. The molecule has 0 saturated carbocycles. The first-order chi connectivity index (χ1) is 9.24. The van der Waals surface area contributed by atoms with E-state index in [1.807, 2.05) is 37.3 Å². The molecule has 1 heterocycles. The van der Waals surface area contributed by atoms with Crippen LogP contribution >= 0.6 is 11.3 Å². The van der Waals surface area contributed by atoms with Crippen molar-refractivity contribution in [2.24, 2.45) is 5.10 Å². The van der Waals surface area contributed by atoms with E-state index in [1.54, 1.807) is 29.7 Å². The fourth-order valence-corrected chi connectivity index (χ4v) is 2.14. The maximum atomic E-state index is 11.5. The van der Waals surface area contributed by atoms with Crippen LogP contribution in [0, 0.1) is 6.92 Å². The van der Waals surface area contributed by atoms with E-state index in [1.165, 1.54) is 4.88 Å². The molecule has 0 radical (unpaired) electrons. The number of ether oxygens (including phenoxy) is 1. The highest BCUT2D eigenvalue weighted by Gasteiger charge is 2.00. The monoisotopic (exact) mass is 274 g/mol. The Bertz CT molecular complexity index is 564. The van der Waals surface area contributed by atoms with Gasteiger partial charge in [-0.2, -0.15) is 5.10 Å². The number of para-hydroxylation sites is 1. The molecular weight excluding hydrogens is 260 g/mol. The molecule has 0 unspecified atom stereocenters. The second-order valence-corrected chi connectivity index (χ2v) is 5.16. The van der Waals surface area contributed by atoms with Gasteiger partial charge >= 0.3 is 0 Å². The molecule has 1 aromatic carbocycles. The molecule has 1 aromatic heterocycles. The number of benzene rings is 1. The minimum atomic E-state index is -0.284. The van der Waals surface area contributed by atoms with Crippen LogP contribution in [0.3, 0.4) is 0 Å². The van der Waals surface area contributed by atoms with Gasteiger partial charge in [0.2, 0.25) is 0 Å². The predicted molar refractivity (Wildman–Crippen MR) is 76.7 cm³/mol. The van der Waals surface area contributed by atoms with Gasteiger partial charge in [-0.1, -0.05) is 18.2 Å². The summed E-state index contributed by atoms with van der Waals surface area (Å²) in [4.78, 5) is 13.7. The predicted octanol–water partition coefficient (Wildman–Crippen LogP) is 2.59. The lowest BCUT2D eigenvalue weighted by Gasteiger charge is -2.03. The van der Waals surface area contributed by atoms with Crippen LogP contribution in [0.15, 0.2) is 47.6 Å². The molecule has 98 valence electrons. The van der Waals surface area contributed by atoms with Crippen molar-refractivity contribution in [3.05, 3.63) is 52.2 Å². The Morgan fingerprint density at radius 2 is 2.11 bits per heavy atom. The molecule has 0 spiro atoms. The summed E-state index contributed by atoms with van der Waals surface area (Å²) in [6.45, 7) is 1.97. The fraction of sp³-hybridized carbons (Fsp3) is 0.143. The summed E-state index contributed by atoms with van der Waals surface area (Å²) >= 11 is 1.62. The maximum Gasteiger partial charge on any atom is 0.277 e. The first-order valence-electron chi connectivity index (χ1n) is 5.80. The summed E-state index contributed by atoms with van der Waals surface area (Å²) in [5.41, 5.74) is 2.42. The molecule has 0 aliphatic rings. The number of nitrogens with zero attached hydrogens (tertiary/aromatic N) is 1. The van der Waals surface area contributed by atoms with Crippen molar-refractivity contribution >= 4 is 23.5 Å². The van der Waals surface area contributed by atoms with E-state index < -0.39 is 0 Å². The number of hydrogen-bond donors (Lipinski definition) is 1. The van der Waals surface area contributed by atoms with Crippen molar-refractivity contribution in [2.75, 3.05) is 6.61 Å². The van der Waals surface area contributed by atoms with Gasteiger partial charge in [0.15, 0.2) is 6.61 Å². The Kier molecular flexibility index (Phi) is 4.69. The summed E-state index contributed by atoms with van der Waals surface area (Å²) in [5.74, 6) is 0.379. The van der Waals surface area contributed by atoms with Gasteiger partial charge in [-0.15, -0.1) is 11.3 Å². The van der Waals surface area contributed by atoms with Crippen LogP contribution in [0.1, 0.15) is 9.75 Å². The van der Waals surface area contributed by atoms with Gasteiger partial charge in [-0.3, -0.25) is 4.79 Å². The van der Waals surface area contributed by atoms with E-state index in [-0.39, 0.29) is 12.5 Å². The van der Waals surface area contributed by atoms with Crippen LogP contribution < -0.4 is 10.2 Å². The number of aryl methyl sites for hydroxylation is 1. The van der Waals surface area contributed by atoms with E-state index in [0.717, 1.165) is 4.88 Å². The molecule has 0 bridgehead atoms. The summed E-state index contributed by atoms with van der Waals surface area (Å²) in [6, 6.07) is 13.1. The normalized spacial score (nSPS) is 10.6. The zero-order valence-electron chi connectivity index (χ0n) is 10.5. The highest BCUT2D eigenvalue weighted by Crippen LogP contribution is 2.12. The fourth-order valence-electron chi connectivity index (χ4n) is 1.39. The molecular formula is C14H14N2O2S. The Balaban J connectivity index is 1.74. The van der Waals surface area contributed by atoms with E-state index >= 15 is 0 Å². The molecule has 0 atom stereocenters. The van der Waals surface area contributed by atoms with Crippen molar-refractivity contribution in [2.45, 2.75) is 6.92 Å². The molecule has 0 saturated heterocycles. The van der Waals surface area contributed by atoms with Gasteiger partial charge in [0.1, 0.15) is 5.75 Å². The number of hydrazone groups is 1. The second-order valence-electron chi connectivity index (χ2n) is 3.84. The Labute approximate surface area is 115 Å². The highest BCUT2D eigenvalue weighted by molar-refractivity contribution is 7.13. The summed E-state index contributed by atoms with van der Waals surface area (Å²) in [7, 11) is 0. The van der Waals surface area contributed by atoms with Crippen molar-refractivity contribution in [3.8, 4) is 5.75 Å². The minimum absolute atomic E-state index is 0.0508. The standard InChI is InChI=1S/C14H14N2O2S/c1-11-7-8-13(19-11)9-15-16-14(17)10-18-12-5-3-2-4-6-12/h2-9H,10H2,1H3,(H,16,17)/b15-9-. The van der Waals surface area contributed by atoms with Crippen LogP contribution in [0.2, 0.25) is 0 Å². The maximum absolute atomic E-state index is 11.5. The zero-order chi connectivity index (χ0) is 13.5. The van der Waals surface area contributed by atoms with Gasteiger partial charge < -0.3 is 4.74 Å². The van der Waals surface area contributed by atoms with Crippen LogP contribution in [0.4, 0.5) is 0 Å². The van der Waals surface area contributed by atoms with Gasteiger partial charge in [0.05, 0.1) is 6.21 Å². The zero-order valence-corrected chi connectivity index (χ0v) is 11.3. The van der Waals surface area contributed by atoms with Crippen LogP contribution in [-0.2, 0) is 4.79 Å². The molecule has 2 rings (SSSR count). The Morgan fingerprint density at radius 1 is 1.32 bits per heavy atom. The van der Waals surface area contributed by atoms with E-state index in [9.17, 15) is 4.79 Å². The molecule has 2 aromatic rings. The second kappa shape index (κ2) is 6.70. The van der Waals surface area contributed by atoms with Crippen molar-refractivity contribution in [1.29, 1.82) is 0 Å². The number of carbonyl (C=O) groups excluding carboxylic acids is 1. The van der Waals surface area contributed by atoms with Crippen molar-refractivity contribution < 1.29 is 9.53 Å². The molecule has 5 heteroatoms. The molecule has 1 N–H and O–H groups in total. The summed E-state index contributed by atoms with van der Waals surface area (Å²) in [6.07, 6.45) is 1.62. The average Bonchev–Trinajstić information content (AvgIpc) is 2.83. The number of thiophene rings is 1. The third-order valence-electron chi connectivity index (χ3n) is 2.26. The lowest BCUT2D eigenvalue weighted by atomic mass is 10.3. The van der Waals surface area contributed by atoms with Crippen LogP contribution in [0.25, 0.3) is 0 Å². The number of nitrogens with one attached hydrogen (secondary N) is 1. The van der Waals surface area contributed by atoms with Gasteiger partial charge in [-0.05, 0) is 31.2 Å². The van der Waals surface area contributed by atoms with E-state index in [2.05, 4.69) is 10.5 Å². The topological polar surface area (TPSA) is 50.7 Å². The quantitative estimate of drug-likeness (QED) is 0.673. The Hall–Kier alpha value is -2.14. The van der Waals surface area contributed by atoms with E-state index in [4.69, 9.17) is 4.74 Å². The smallest absolute Gasteiger partial charge is 0.277 e. The molecule has 19 heavy (non-hydrogen) atoms. The molecule has 0 aliphatic heterocycles. The lowest BCUT2D eigenvalue weighted by Crippen LogP contribution is -2.24. The van der Waals surface area contributed by atoms with Crippen LogP contribution in [-0.4, -0.2) is 18.7 Å². The number of rotatable bonds is 5. The highest BCUT2D eigenvalue weighted by atomic mass is 32.1. The van der Waals surface area contributed by atoms with Gasteiger partial charge in [0.25, 0.3) is 5.91 Å². The lowest BCUT2D eigenvalue weighted by molar-refractivity contribution is -0.123. The average molecular weight is 274 g/mol. The Morgan fingerprint density at radius 3 is 2.79 bits per heavy atom. The van der Waals surface area contributed by atoms with Crippen molar-refractivity contribution in [1.82, 2.24) is 5.43 Å². The number of amides is 1. The number of hydrogen-bond acceptors (Lipinski definition) is 4. The van der Waals surface area contributed by atoms with Crippen molar-refractivity contribution in [3.63, 3.8) is 0 Å². The SMILES string of the molecule is Cc1ccc(/C=N\NC(=O)COc2ccccc2)s1. The first kappa shape index (κ1) is 13.3. The van der Waals surface area contributed by atoms with Gasteiger partial charge in [0, 0.05) is 9.75 Å². The summed E-state index contributed by atoms with van der Waals surface area (Å²) < 4.78 is 5.29. The largest absolute Gasteiger partial charge is 0.484 e. The molecule has 1 amide bonds. The molecule has 0 aliphatic carbocycles.